The first kappa shape index (κ1) is 27.8. The van der Waals surface area contributed by atoms with Crippen molar-refractivity contribution >= 4 is 47.1 Å². The second-order valence-corrected chi connectivity index (χ2v) is 10.0. The van der Waals surface area contributed by atoms with Gasteiger partial charge in [0.2, 0.25) is 5.91 Å². The molecule has 2 aromatic carbocycles. The van der Waals surface area contributed by atoms with Crippen LogP contribution in [0.2, 0.25) is 5.02 Å². The highest BCUT2D eigenvalue weighted by Gasteiger charge is 2.49. The summed E-state index contributed by atoms with van der Waals surface area (Å²) in [6.07, 6.45) is -1.34. The van der Waals surface area contributed by atoms with Crippen LogP contribution in [0.15, 0.2) is 54.6 Å². The van der Waals surface area contributed by atoms with Crippen LogP contribution >= 0.6 is 11.6 Å². The predicted molar refractivity (Wildman–Crippen MR) is 144 cm³/mol. The number of rotatable bonds is 6. The van der Waals surface area contributed by atoms with Gasteiger partial charge in [-0.1, -0.05) is 41.9 Å². The molecule has 12 nitrogen and oxygen atoms in total. The zero-order chi connectivity index (χ0) is 29.1. The first-order chi connectivity index (χ1) is 19.6. The summed E-state index contributed by atoms with van der Waals surface area (Å²) in [5.74, 6) is -2.01. The van der Waals surface area contributed by atoms with Gasteiger partial charge in [0.25, 0.3) is 5.91 Å². The molecule has 0 bridgehead atoms. The van der Waals surface area contributed by atoms with E-state index >= 15 is 4.39 Å². The summed E-state index contributed by atoms with van der Waals surface area (Å²) in [6.45, 7) is 0.125. The maximum Gasteiger partial charge on any atom is 0.412 e. The minimum absolute atomic E-state index is 0.0658. The van der Waals surface area contributed by atoms with Gasteiger partial charge >= 0.3 is 12.2 Å². The van der Waals surface area contributed by atoms with Crippen LogP contribution in [-0.4, -0.2) is 63.3 Å². The van der Waals surface area contributed by atoms with E-state index in [0.29, 0.717) is 6.42 Å². The monoisotopic (exact) mass is 582 g/mol. The zero-order valence-corrected chi connectivity index (χ0v) is 22.2. The fourth-order valence-electron chi connectivity index (χ4n) is 5.09. The predicted octanol–water partition coefficient (Wildman–Crippen LogP) is 3.78. The van der Waals surface area contributed by atoms with Crippen LogP contribution in [-0.2, 0) is 21.6 Å². The van der Waals surface area contributed by atoms with Gasteiger partial charge in [0.1, 0.15) is 6.04 Å². The van der Waals surface area contributed by atoms with Crippen LogP contribution < -0.4 is 16.0 Å². The molecule has 14 heteroatoms. The number of nitrogens with one attached hydrogen (secondary N) is 3. The molecule has 2 atom stereocenters. The van der Waals surface area contributed by atoms with Crippen LogP contribution in [0.3, 0.4) is 0 Å². The summed E-state index contributed by atoms with van der Waals surface area (Å²) in [6, 6.07) is 13.3. The lowest BCUT2D eigenvalue weighted by molar-refractivity contribution is -0.141. The van der Waals surface area contributed by atoms with Crippen molar-refractivity contribution in [2.24, 2.45) is 0 Å². The average Bonchev–Trinajstić information content (AvgIpc) is 2.94. The fourth-order valence-corrected chi connectivity index (χ4v) is 5.25. The highest BCUT2D eigenvalue weighted by molar-refractivity contribution is 6.31. The van der Waals surface area contributed by atoms with Crippen LogP contribution in [0.5, 0.6) is 0 Å². The third-order valence-electron chi connectivity index (χ3n) is 6.86. The molecule has 1 aromatic heterocycles. The van der Waals surface area contributed by atoms with E-state index in [0.717, 1.165) is 5.56 Å². The summed E-state index contributed by atoms with van der Waals surface area (Å²) in [5.41, 5.74) is -0.566. The number of nitrogens with zero attached hydrogens (tertiary/aromatic N) is 3. The molecule has 1 fully saturated rings. The number of hydrogen-bond acceptors (Lipinski definition) is 7. The number of carbonyl (C=O) groups excluding carboxylic acids is 3. The molecule has 2 aliphatic heterocycles. The van der Waals surface area contributed by atoms with Crippen molar-refractivity contribution in [3.8, 4) is 0 Å². The summed E-state index contributed by atoms with van der Waals surface area (Å²) in [5, 5.41) is 23.3. The number of ether oxygens (including phenoxy) is 1. The molecular weight excluding hydrogens is 559 g/mol. The summed E-state index contributed by atoms with van der Waals surface area (Å²) >= 11 is 6.06. The molecule has 0 radical (unpaired) electrons. The van der Waals surface area contributed by atoms with Crippen molar-refractivity contribution in [1.29, 1.82) is 0 Å². The second-order valence-electron chi connectivity index (χ2n) is 9.61. The lowest BCUT2D eigenvalue weighted by atomic mass is 9.82. The number of fused-ring (bicyclic) bond motifs is 2. The number of piperidine rings is 1. The van der Waals surface area contributed by atoms with Gasteiger partial charge in [0.05, 0.1) is 22.8 Å². The average molecular weight is 583 g/mol. The van der Waals surface area contributed by atoms with E-state index in [1.807, 2.05) is 11.4 Å². The molecule has 0 aliphatic carbocycles. The SMILES string of the molecule is O=C(O)Nc1ccc(C(=O)N[C@@H](Cc2ccccc2)C(=O)N2CCC[C@@]3(C2)OC(=O)Nc2ccc(Cl)c(F)c23)nn1. The third-order valence-corrected chi connectivity index (χ3v) is 7.15. The molecular formula is C27H24ClFN6O6. The van der Waals surface area contributed by atoms with Gasteiger partial charge in [-0.2, -0.15) is 0 Å². The Balaban J connectivity index is 1.42. The number of halogens is 2. The second kappa shape index (κ2) is 11.4. The molecule has 41 heavy (non-hydrogen) atoms. The number of benzene rings is 2. The lowest BCUT2D eigenvalue weighted by Gasteiger charge is -2.45. The minimum atomic E-state index is -1.47. The molecule has 0 saturated carbocycles. The van der Waals surface area contributed by atoms with E-state index in [1.54, 1.807) is 24.3 Å². The van der Waals surface area contributed by atoms with E-state index in [2.05, 4.69) is 20.8 Å². The third kappa shape index (κ3) is 5.89. The molecule has 1 saturated heterocycles. The smallest absolute Gasteiger partial charge is 0.412 e. The summed E-state index contributed by atoms with van der Waals surface area (Å²) < 4.78 is 20.9. The van der Waals surface area contributed by atoms with Crippen molar-refractivity contribution in [2.75, 3.05) is 23.7 Å². The Kier molecular flexibility index (Phi) is 7.70. The highest BCUT2D eigenvalue weighted by atomic mass is 35.5. The highest BCUT2D eigenvalue weighted by Crippen LogP contribution is 2.45. The van der Waals surface area contributed by atoms with E-state index < -0.39 is 41.5 Å². The number of carbonyl (C=O) groups is 4. The Morgan fingerprint density at radius 1 is 1.15 bits per heavy atom. The maximum absolute atomic E-state index is 15.3. The maximum atomic E-state index is 15.3. The molecule has 1 spiro atoms. The quantitative estimate of drug-likeness (QED) is 0.341. The van der Waals surface area contributed by atoms with Gasteiger partial charge in [0, 0.05) is 13.0 Å². The molecule has 0 unspecified atom stereocenters. The van der Waals surface area contributed by atoms with Gasteiger partial charge in [-0.3, -0.25) is 20.2 Å². The largest absolute Gasteiger partial charge is 0.465 e. The minimum Gasteiger partial charge on any atom is -0.465 e. The standard InChI is InChI=1S/C27H24ClFN6O6/c28-16-7-8-17-21(22(16)29)27(41-26(40)31-17)11-4-12-35(14-27)24(37)19(13-15-5-2-1-3-6-15)30-23(36)18-9-10-20(34-33-18)32-25(38)39/h1-3,5-10,19H,4,11-14H2,(H,30,36)(H,31,40)(H,32,34)(H,38,39)/t19-,27-/m0/s1. The first-order valence-electron chi connectivity index (χ1n) is 12.6. The van der Waals surface area contributed by atoms with Gasteiger partial charge in [-0.05, 0) is 42.7 Å². The van der Waals surface area contributed by atoms with Gasteiger partial charge in [-0.15, -0.1) is 10.2 Å². The van der Waals surface area contributed by atoms with E-state index in [-0.39, 0.29) is 53.7 Å². The number of amides is 4. The Morgan fingerprint density at radius 2 is 1.93 bits per heavy atom. The number of hydrogen-bond donors (Lipinski definition) is 4. The van der Waals surface area contributed by atoms with Crippen molar-refractivity contribution < 1.29 is 33.4 Å². The van der Waals surface area contributed by atoms with Crippen molar-refractivity contribution in [3.05, 3.63) is 82.3 Å². The Bertz CT molecular complexity index is 1510. The van der Waals surface area contributed by atoms with E-state index in [1.165, 1.54) is 29.2 Å². The lowest BCUT2D eigenvalue weighted by Crippen LogP contribution is -2.58. The first-order valence-corrected chi connectivity index (χ1v) is 13.0. The van der Waals surface area contributed by atoms with Crippen LogP contribution in [0.25, 0.3) is 0 Å². The number of aromatic nitrogens is 2. The number of carboxylic acid groups (broad SMARTS) is 1. The molecule has 5 rings (SSSR count). The Morgan fingerprint density at radius 3 is 2.63 bits per heavy atom. The number of likely N-dealkylation sites (tertiary alicyclic amines) is 1. The van der Waals surface area contributed by atoms with E-state index in [4.69, 9.17) is 21.4 Å². The normalized spacial score (nSPS) is 18.5. The van der Waals surface area contributed by atoms with Crippen LogP contribution in [0.1, 0.15) is 34.5 Å². The molecule has 4 N–H and O–H groups in total. The fraction of sp³-hybridized carbons (Fsp3) is 0.259. The summed E-state index contributed by atoms with van der Waals surface area (Å²) in [7, 11) is 0. The van der Waals surface area contributed by atoms with Crippen LogP contribution in [0.4, 0.5) is 25.5 Å². The topological polar surface area (TPSA) is 163 Å². The molecule has 3 aromatic rings. The van der Waals surface area contributed by atoms with Gasteiger partial charge < -0.3 is 20.1 Å². The van der Waals surface area contributed by atoms with Crippen LogP contribution in [0, 0.1) is 5.82 Å². The molecule has 2 aliphatic rings. The number of anilines is 2. The Hall–Kier alpha value is -4.78. The summed E-state index contributed by atoms with van der Waals surface area (Å²) in [4.78, 5) is 51.7. The molecule has 212 valence electrons. The van der Waals surface area contributed by atoms with Crippen molar-refractivity contribution in [3.63, 3.8) is 0 Å². The van der Waals surface area contributed by atoms with Gasteiger partial charge in [0.15, 0.2) is 22.9 Å². The van der Waals surface area contributed by atoms with Crippen molar-refractivity contribution in [2.45, 2.75) is 30.9 Å². The molecule has 4 amide bonds. The zero-order valence-electron chi connectivity index (χ0n) is 21.4. The van der Waals surface area contributed by atoms with E-state index in [9.17, 15) is 19.2 Å². The van der Waals surface area contributed by atoms with Crippen molar-refractivity contribution in [1.82, 2.24) is 20.4 Å². The molecule has 3 heterocycles. The van der Waals surface area contributed by atoms with Gasteiger partial charge in [-0.25, -0.2) is 14.0 Å². The Labute approximate surface area is 237 Å².